The van der Waals surface area contributed by atoms with Gasteiger partial charge in [-0.2, -0.15) is 0 Å². The third-order valence-corrected chi connectivity index (χ3v) is 2.55. The zero-order valence-electron chi connectivity index (χ0n) is 7.00. The molecule has 14 heavy (non-hydrogen) atoms. The van der Waals surface area contributed by atoms with Gasteiger partial charge in [0, 0.05) is 16.1 Å². The predicted molar refractivity (Wildman–Crippen MR) is 61.7 cm³/mol. The summed E-state index contributed by atoms with van der Waals surface area (Å²) in [6, 6.07) is 3.39. The van der Waals surface area contributed by atoms with Gasteiger partial charge in [-0.15, -0.1) is 0 Å². The summed E-state index contributed by atoms with van der Waals surface area (Å²) in [6.45, 7) is 0. The van der Waals surface area contributed by atoms with Gasteiger partial charge < -0.3 is 10.8 Å². The first-order chi connectivity index (χ1) is 6.50. The highest BCUT2D eigenvalue weighted by Gasteiger charge is 2.04. The Labute approximate surface area is 97.9 Å². The quantitative estimate of drug-likeness (QED) is 0.822. The van der Waals surface area contributed by atoms with Crippen molar-refractivity contribution in [1.29, 1.82) is 0 Å². The number of phenolic OH excluding ortho intramolecular Hbond substituents is 1. The molecule has 0 saturated heterocycles. The number of phenols is 1. The van der Waals surface area contributed by atoms with Crippen LogP contribution in [0.4, 0.5) is 0 Å². The van der Waals surface area contributed by atoms with Gasteiger partial charge in [-0.3, -0.25) is 4.79 Å². The number of hydrogen-bond donors (Lipinski definition) is 2. The lowest BCUT2D eigenvalue weighted by Gasteiger charge is -2.02. The molecule has 0 aromatic heterocycles. The van der Waals surface area contributed by atoms with E-state index in [-0.39, 0.29) is 5.75 Å². The number of carbonyl (C=O) groups is 1. The van der Waals surface area contributed by atoms with Crippen molar-refractivity contribution in [2.75, 3.05) is 0 Å². The minimum atomic E-state index is -0.555. The molecule has 0 radical (unpaired) electrons. The van der Waals surface area contributed by atoms with Crippen molar-refractivity contribution in [3.63, 3.8) is 0 Å². The van der Waals surface area contributed by atoms with Crippen LogP contribution < -0.4 is 5.73 Å². The second-order valence-corrected chi connectivity index (χ2v) is 4.33. The lowest BCUT2D eigenvalue weighted by molar-refractivity contribution is -0.113. The van der Waals surface area contributed by atoms with Crippen LogP contribution in [-0.2, 0) is 4.79 Å². The average Bonchev–Trinajstić information content (AvgIpc) is 2.08. The van der Waals surface area contributed by atoms with Crippen LogP contribution in [-0.4, -0.2) is 11.0 Å². The van der Waals surface area contributed by atoms with E-state index in [0.717, 1.165) is 4.47 Å². The summed E-state index contributed by atoms with van der Waals surface area (Å²) in [4.78, 5) is 10.5. The number of primary amides is 1. The van der Waals surface area contributed by atoms with Crippen LogP contribution in [0, 0.1) is 0 Å². The third kappa shape index (κ3) is 2.85. The first-order valence-corrected chi connectivity index (χ1v) is 5.25. The average molecular weight is 321 g/mol. The molecular formula is C9H7Br2NO2. The molecule has 0 aliphatic heterocycles. The van der Waals surface area contributed by atoms with E-state index >= 15 is 0 Å². The van der Waals surface area contributed by atoms with Crippen LogP contribution in [0.2, 0.25) is 0 Å². The second kappa shape index (κ2) is 4.61. The molecule has 0 bridgehead atoms. The fraction of sp³-hybridized carbons (Fsp3) is 0. The van der Waals surface area contributed by atoms with Gasteiger partial charge in [-0.1, -0.05) is 15.9 Å². The zero-order chi connectivity index (χ0) is 10.7. The normalized spacial score (nSPS) is 10.7. The van der Waals surface area contributed by atoms with Crippen molar-refractivity contribution in [1.82, 2.24) is 0 Å². The molecule has 0 aliphatic rings. The molecular weight excluding hydrogens is 314 g/mol. The van der Waals surface area contributed by atoms with Gasteiger partial charge in [-0.05, 0) is 34.1 Å². The molecule has 1 aromatic rings. The van der Waals surface area contributed by atoms with Crippen molar-refractivity contribution in [3.8, 4) is 5.75 Å². The fourth-order valence-electron chi connectivity index (χ4n) is 0.885. The lowest BCUT2D eigenvalue weighted by Crippen LogP contribution is -2.05. The second-order valence-electron chi connectivity index (χ2n) is 2.56. The smallest absolute Gasteiger partial charge is 0.241 e. The Balaban J connectivity index is 3.14. The van der Waals surface area contributed by atoms with Crippen LogP contribution in [0.15, 0.2) is 27.2 Å². The number of amides is 1. The molecule has 0 saturated carbocycles. The number of aromatic hydroxyl groups is 1. The summed E-state index contributed by atoms with van der Waals surface area (Å²) in [5.74, 6) is -0.480. The number of halogens is 2. The SMILES string of the molecule is NC(=O)/C=C/c1cc(Br)cc(Br)c1O. The van der Waals surface area contributed by atoms with E-state index in [0.29, 0.717) is 10.0 Å². The summed E-state index contributed by atoms with van der Waals surface area (Å²) >= 11 is 6.44. The Bertz CT molecular complexity index is 402. The minimum absolute atomic E-state index is 0.0747. The van der Waals surface area contributed by atoms with Gasteiger partial charge in [0.2, 0.25) is 5.91 Å². The summed E-state index contributed by atoms with van der Waals surface area (Å²) < 4.78 is 1.35. The van der Waals surface area contributed by atoms with Crippen LogP contribution >= 0.6 is 31.9 Å². The Kier molecular flexibility index (Phi) is 3.71. The van der Waals surface area contributed by atoms with E-state index in [4.69, 9.17) is 5.73 Å². The van der Waals surface area contributed by atoms with Crippen molar-refractivity contribution in [3.05, 3.63) is 32.7 Å². The molecule has 1 amide bonds. The monoisotopic (exact) mass is 319 g/mol. The summed E-state index contributed by atoms with van der Waals surface area (Å²) in [5, 5.41) is 9.56. The largest absolute Gasteiger partial charge is 0.506 e. The van der Waals surface area contributed by atoms with Gasteiger partial charge in [-0.25, -0.2) is 0 Å². The molecule has 3 N–H and O–H groups in total. The van der Waals surface area contributed by atoms with Crippen LogP contribution in [0.25, 0.3) is 6.08 Å². The molecule has 0 unspecified atom stereocenters. The summed E-state index contributed by atoms with van der Waals surface area (Å²) in [5.41, 5.74) is 5.45. The van der Waals surface area contributed by atoms with Crippen LogP contribution in [0.5, 0.6) is 5.75 Å². The first-order valence-electron chi connectivity index (χ1n) is 3.66. The molecule has 1 rings (SSSR count). The third-order valence-electron chi connectivity index (χ3n) is 1.48. The van der Waals surface area contributed by atoms with Gasteiger partial charge in [0.1, 0.15) is 5.75 Å². The van der Waals surface area contributed by atoms with Crippen molar-refractivity contribution in [2.24, 2.45) is 5.73 Å². The van der Waals surface area contributed by atoms with Gasteiger partial charge in [0.05, 0.1) is 4.47 Å². The van der Waals surface area contributed by atoms with E-state index < -0.39 is 5.91 Å². The topological polar surface area (TPSA) is 63.3 Å². The summed E-state index contributed by atoms with van der Waals surface area (Å²) in [6.07, 6.45) is 2.64. The van der Waals surface area contributed by atoms with Crippen molar-refractivity contribution in [2.45, 2.75) is 0 Å². The number of hydrogen-bond acceptors (Lipinski definition) is 2. The highest BCUT2D eigenvalue weighted by Crippen LogP contribution is 2.32. The Hall–Kier alpha value is -0.810. The van der Waals surface area contributed by atoms with E-state index in [1.807, 2.05) is 0 Å². The molecule has 0 aliphatic carbocycles. The number of benzene rings is 1. The first kappa shape index (κ1) is 11.3. The molecule has 0 fully saturated rings. The van der Waals surface area contributed by atoms with Gasteiger partial charge >= 0.3 is 0 Å². The number of rotatable bonds is 2. The molecule has 74 valence electrons. The molecule has 5 heteroatoms. The lowest BCUT2D eigenvalue weighted by atomic mass is 10.2. The van der Waals surface area contributed by atoms with E-state index in [1.54, 1.807) is 12.1 Å². The highest BCUT2D eigenvalue weighted by atomic mass is 79.9. The van der Waals surface area contributed by atoms with E-state index in [1.165, 1.54) is 12.2 Å². The molecule has 0 heterocycles. The standard InChI is InChI=1S/C9H7Br2NO2/c10-6-3-5(1-2-8(12)13)9(14)7(11)4-6/h1-4,14H,(H2,12,13)/b2-1+. The molecule has 0 atom stereocenters. The Morgan fingerprint density at radius 3 is 2.64 bits per heavy atom. The van der Waals surface area contributed by atoms with E-state index in [9.17, 15) is 9.90 Å². The molecule has 0 spiro atoms. The molecule has 1 aromatic carbocycles. The van der Waals surface area contributed by atoms with Crippen molar-refractivity contribution >= 4 is 43.8 Å². The summed E-state index contributed by atoms with van der Waals surface area (Å²) in [7, 11) is 0. The maximum Gasteiger partial charge on any atom is 0.241 e. The maximum atomic E-state index is 10.5. The number of nitrogens with two attached hydrogens (primary N) is 1. The van der Waals surface area contributed by atoms with E-state index in [2.05, 4.69) is 31.9 Å². The molecule has 3 nitrogen and oxygen atoms in total. The van der Waals surface area contributed by atoms with Crippen molar-refractivity contribution < 1.29 is 9.90 Å². The Morgan fingerprint density at radius 2 is 2.07 bits per heavy atom. The van der Waals surface area contributed by atoms with Gasteiger partial charge in [0.25, 0.3) is 0 Å². The van der Waals surface area contributed by atoms with Crippen LogP contribution in [0.3, 0.4) is 0 Å². The number of carbonyl (C=O) groups excluding carboxylic acids is 1. The Morgan fingerprint density at radius 1 is 1.43 bits per heavy atom. The van der Waals surface area contributed by atoms with Crippen LogP contribution in [0.1, 0.15) is 5.56 Å². The predicted octanol–water partition coefficient (Wildman–Crippen LogP) is 2.42. The fourth-order valence-corrected chi connectivity index (χ4v) is 2.14. The minimum Gasteiger partial charge on any atom is -0.506 e. The zero-order valence-corrected chi connectivity index (χ0v) is 10.2. The maximum absolute atomic E-state index is 10.5. The highest BCUT2D eigenvalue weighted by molar-refractivity contribution is 9.11. The van der Waals surface area contributed by atoms with Gasteiger partial charge in [0.15, 0.2) is 0 Å².